The maximum atomic E-state index is 5.28. The normalized spacial score (nSPS) is 12.3. The van der Waals surface area contributed by atoms with E-state index in [1.807, 2.05) is 19.2 Å². The molecule has 0 saturated carbocycles. The van der Waals surface area contributed by atoms with Crippen LogP contribution in [0.2, 0.25) is 0 Å². The first-order valence-electron chi connectivity index (χ1n) is 5.23. The lowest BCUT2D eigenvalue weighted by atomic mass is 10.2. The molecule has 15 heavy (non-hydrogen) atoms. The molecule has 0 aliphatic carbocycles. The van der Waals surface area contributed by atoms with Crippen molar-refractivity contribution in [3.05, 3.63) is 23.8 Å². The highest BCUT2D eigenvalue weighted by Crippen LogP contribution is 2.24. The third-order valence-electron chi connectivity index (χ3n) is 2.45. The molecule has 0 aliphatic rings. The Morgan fingerprint density at radius 1 is 1.40 bits per heavy atom. The largest absolute Gasteiger partial charge is 0.495 e. The Balaban J connectivity index is 2.69. The van der Waals surface area contributed by atoms with E-state index in [4.69, 9.17) is 4.74 Å². The quantitative estimate of drug-likeness (QED) is 0.776. The van der Waals surface area contributed by atoms with E-state index >= 15 is 0 Å². The highest BCUT2D eigenvalue weighted by atomic mass is 16.5. The summed E-state index contributed by atoms with van der Waals surface area (Å²) in [6.07, 6.45) is 0. The predicted octanol–water partition coefficient (Wildman–Crippen LogP) is 2.02. The Kier molecular flexibility index (Phi) is 4.43. The fourth-order valence-corrected chi connectivity index (χ4v) is 1.33. The number of ether oxygens (including phenoxy) is 1. The molecule has 0 saturated heterocycles. The molecule has 1 atom stereocenters. The van der Waals surface area contributed by atoms with Gasteiger partial charge in [0.05, 0.1) is 12.8 Å². The van der Waals surface area contributed by atoms with E-state index in [1.165, 1.54) is 5.56 Å². The molecule has 3 nitrogen and oxygen atoms in total. The van der Waals surface area contributed by atoms with Crippen LogP contribution in [0.3, 0.4) is 0 Å². The lowest BCUT2D eigenvalue weighted by Crippen LogP contribution is -2.29. The summed E-state index contributed by atoms with van der Waals surface area (Å²) in [6.45, 7) is 5.09. The lowest BCUT2D eigenvalue weighted by Gasteiger charge is -2.15. The van der Waals surface area contributed by atoms with E-state index in [9.17, 15) is 0 Å². The van der Waals surface area contributed by atoms with Gasteiger partial charge >= 0.3 is 0 Å². The maximum absolute atomic E-state index is 5.28. The fourth-order valence-electron chi connectivity index (χ4n) is 1.33. The minimum absolute atomic E-state index is 0.440. The van der Waals surface area contributed by atoms with Gasteiger partial charge in [-0.1, -0.05) is 6.07 Å². The molecule has 1 rings (SSSR count). The molecular weight excluding hydrogens is 188 g/mol. The standard InChI is InChI=1S/C12H20N2O/c1-9-5-6-12(15-4)11(7-9)14-8-10(2)13-3/h5-7,10,13-14H,8H2,1-4H3. The Bertz CT molecular complexity index is 312. The number of benzene rings is 1. The number of rotatable bonds is 5. The minimum Gasteiger partial charge on any atom is -0.495 e. The molecule has 1 aromatic carbocycles. The van der Waals surface area contributed by atoms with Crippen molar-refractivity contribution in [3.8, 4) is 5.75 Å². The van der Waals surface area contributed by atoms with Gasteiger partial charge in [-0.15, -0.1) is 0 Å². The van der Waals surface area contributed by atoms with Crippen molar-refractivity contribution < 1.29 is 4.74 Å². The Hall–Kier alpha value is -1.22. The summed E-state index contributed by atoms with van der Waals surface area (Å²) in [7, 11) is 3.65. The second-order valence-electron chi connectivity index (χ2n) is 3.77. The van der Waals surface area contributed by atoms with Gasteiger partial charge in [0, 0.05) is 12.6 Å². The Labute approximate surface area is 91.8 Å². The number of hydrogen-bond donors (Lipinski definition) is 2. The van der Waals surface area contributed by atoms with Crippen molar-refractivity contribution in [1.29, 1.82) is 0 Å². The summed E-state index contributed by atoms with van der Waals surface area (Å²) >= 11 is 0. The Morgan fingerprint density at radius 3 is 2.73 bits per heavy atom. The molecule has 1 unspecified atom stereocenters. The first-order valence-corrected chi connectivity index (χ1v) is 5.23. The van der Waals surface area contributed by atoms with Crippen LogP contribution in [0, 0.1) is 6.92 Å². The van der Waals surface area contributed by atoms with E-state index in [0.717, 1.165) is 18.0 Å². The molecule has 3 heteroatoms. The molecule has 0 amide bonds. The first kappa shape index (κ1) is 11.9. The van der Waals surface area contributed by atoms with Gasteiger partial charge in [0.2, 0.25) is 0 Å². The zero-order valence-electron chi connectivity index (χ0n) is 9.92. The summed E-state index contributed by atoms with van der Waals surface area (Å²) in [4.78, 5) is 0. The summed E-state index contributed by atoms with van der Waals surface area (Å²) in [5.41, 5.74) is 2.29. The summed E-state index contributed by atoms with van der Waals surface area (Å²) in [5, 5.41) is 6.55. The SMILES string of the molecule is CNC(C)CNc1cc(C)ccc1OC. The number of hydrogen-bond acceptors (Lipinski definition) is 3. The number of aryl methyl sites for hydroxylation is 1. The van der Waals surface area contributed by atoms with Gasteiger partial charge in [-0.3, -0.25) is 0 Å². The minimum atomic E-state index is 0.440. The Morgan fingerprint density at radius 2 is 2.13 bits per heavy atom. The van der Waals surface area contributed by atoms with Crippen molar-refractivity contribution in [1.82, 2.24) is 5.32 Å². The molecule has 0 heterocycles. The molecular formula is C12H20N2O. The van der Waals surface area contributed by atoms with Crippen molar-refractivity contribution in [2.75, 3.05) is 26.0 Å². The molecule has 0 radical (unpaired) electrons. The zero-order chi connectivity index (χ0) is 11.3. The average molecular weight is 208 g/mol. The van der Waals surface area contributed by atoms with Crippen LogP contribution in [0.25, 0.3) is 0 Å². The van der Waals surface area contributed by atoms with Crippen molar-refractivity contribution in [2.45, 2.75) is 19.9 Å². The molecule has 1 aromatic rings. The lowest BCUT2D eigenvalue weighted by molar-refractivity contribution is 0.416. The van der Waals surface area contributed by atoms with Crippen molar-refractivity contribution in [2.24, 2.45) is 0 Å². The summed E-state index contributed by atoms with van der Waals surface area (Å²) < 4.78 is 5.28. The number of nitrogens with one attached hydrogen (secondary N) is 2. The third-order valence-corrected chi connectivity index (χ3v) is 2.45. The molecule has 0 fully saturated rings. The monoisotopic (exact) mass is 208 g/mol. The zero-order valence-corrected chi connectivity index (χ0v) is 9.92. The van der Waals surface area contributed by atoms with Crippen LogP contribution in [0.1, 0.15) is 12.5 Å². The first-order chi connectivity index (χ1) is 7.17. The van der Waals surface area contributed by atoms with Gasteiger partial charge in [0.1, 0.15) is 5.75 Å². The number of likely N-dealkylation sites (N-methyl/N-ethyl adjacent to an activating group) is 1. The van der Waals surface area contributed by atoms with Gasteiger partial charge in [0.15, 0.2) is 0 Å². The third kappa shape index (κ3) is 3.44. The van der Waals surface area contributed by atoms with Crippen LogP contribution in [-0.4, -0.2) is 26.7 Å². The summed E-state index contributed by atoms with van der Waals surface area (Å²) in [6, 6.07) is 6.57. The molecule has 84 valence electrons. The fraction of sp³-hybridized carbons (Fsp3) is 0.500. The smallest absolute Gasteiger partial charge is 0.141 e. The van der Waals surface area contributed by atoms with E-state index in [2.05, 4.69) is 30.5 Å². The van der Waals surface area contributed by atoms with Crippen LogP contribution >= 0.6 is 0 Å². The van der Waals surface area contributed by atoms with Gasteiger partial charge in [0.25, 0.3) is 0 Å². The van der Waals surface area contributed by atoms with Crippen LogP contribution < -0.4 is 15.4 Å². The van der Waals surface area contributed by atoms with E-state index < -0.39 is 0 Å². The van der Waals surface area contributed by atoms with E-state index in [-0.39, 0.29) is 0 Å². The van der Waals surface area contributed by atoms with Gasteiger partial charge in [-0.25, -0.2) is 0 Å². The molecule has 2 N–H and O–H groups in total. The highest BCUT2D eigenvalue weighted by Gasteiger charge is 2.03. The van der Waals surface area contributed by atoms with Gasteiger partial charge in [-0.05, 0) is 38.6 Å². The topological polar surface area (TPSA) is 33.3 Å². The highest BCUT2D eigenvalue weighted by molar-refractivity contribution is 5.58. The molecule has 0 bridgehead atoms. The van der Waals surface area contributed by atoms with Gasteiger partial charge in [-0.2, -0.15) is 0 Å². The molecule has 0 spiro atoms. The maximum Gasteiger partial charge on any atom is 0.141 e. The molecule has 0 aliphatic heterocycles. The van der Waals surface area contributed by atoms with Crippen LogP contribution in [-0.2, 0) is 0 Å². The second-order valence-corrected chi connectivity index (χ2v) is 3.77. The van der Waals surface area contributed by atoms with Gasteiger partial charge < -0.3 is 15.4 Å². The number of methoxy groups -OCH3 is 1. The average Bonchev–Trinajstić information content (AvgIpc) is 2.26. The van der Waals surface area contributed by atoms with Crippen LogP contribution in [0.15, 0.2) is 18.2 Å². The second kappa shape index (κ2) is 5.61. The van der Waals surface area contributed by atoms with Crippen LogP contribution in [0.5, 0.6) is 5.75 Å². The summed E-state index contributed by atoms with van der Waals surface area (Å²) in [5.74, 6) is 0.893. The number of anilines is 1. The van der Waals surface area contributed by atoms with E-state index in [1.54, 1.807) is 7.11 Å². The van der Waals surface area contributed by atoms with E-state index in [0.29, 0.717) is 6.04 Å². The molecule has 0 aromatic heterocycles. The van der Waals surface area contributed by atoms with Crippen molar-refractivity contribution in [3.63, 3.8) is 0 Å². The predicted molar refractivity (Wildman–Crippen MR) is 64.7 cm³/mol. The van der Waals surface area contributed by atoms with Crippen LogP contribution in [0.4, 0.5) is 5.69 Å². The van der Waals surface area contributed by atoms with Crippen molar-refractivity contribution >= 4 is 5.69 Å².